The number of amides is 1. The summed E-state index contributed by atoms with van der Waals surface area (Å²) in [6.07, 6.45) is 1.13. The number of hydrogen-bond donors (Lipinski definition) is 3. The van der Waals surface area contributed by atoms with Crippen molar-refractivity contribution in [3.05, 3.63) is 114 Å². The SMILES string of the molecule is Cc1c(CNC(C)CC(C)C)cccc1NC(=O)c1ccc(Nc2nc(-c3ccccc3)c3ccccc3n2)cc1. The molecule has 1 amide bonds. The summed E-state index contributed by atoms with van der Waals surface area (Å²) in [6, 6.07) is 32.0. The molecule has 0 radical (unpaired) electrons. The Balaban J connectivity index is 1.28. The third-order valence-electron chi connectivity index (χ3n) is 7.21. The molecule has 4 aromatic carbocycles. The van der Waals surface area contributed by atoms with E-state index in [0.29, 0.717) is 23.5 Å². The van der Waals surface area contributed by atoms with Crippen molar-refractivity contribution in [3.8, 4) is 11.3 Å². The van der Waals surface area contributed by atoms with Crippen LogP contribution in [0.5, 0.6) is 0 Å². The standard InChI is InChI=1S/C35H37N5O/c1-23(2)21-24(3)36-22-28-13-10-16-31(25(28)4)38-34(41)27-17-19-29(20-18-27)37-35-39-32-15-9-8-14-30(32)33(40-35)26-11-6-5-7-12-26/h5-20,23-24,36H,21-22H2,1-4H3,(H,38,41)(H,37,39,40). The molecule has 5 rings (SSSR count). The fourth-order valence-corrected chi connectivity index (χ4v) is 5.06. The average molecular weight is 544 g/mol. The second kappa shape index (κ2) is 12.7. The molecule has 41 heavy (non-hydrogen) atoms. The van der Waals surface area contributed by atoms with E-state index in [4.69, 9.17) is 9.97 Å². The highest BCUT2D eigenvalue weighted by Crippen LogP contribution is 2.28. The van der Waals surface area contributed by atoms with E-state index in [-0.39, 0.29) is 5.91 Å². The van der Waals surface area contributed by atoms with Gasteiger partial charge in [-0.1, -0.05) is 74.5 Å². The highest BCUT2D eigenvalue weighted by atomic mass is 16.1. The van der Waals surface area contributed by atoms with Gasteiger partial charge in [0.15, 0.2) is 0 Å². The molecule has 0 saturated heterocycles. The minimum absolute atomic E-state index is 0.147. The molecule has 0 spiro atoms. The molecule has 6 heteroatoms. The first-order chi connectivity index (χ1) is 19.9. The summed E-state index contributed by atoms with van der Waals surface area (Å²) >= 11 is 0. The highest BCUT2D eigenvalue weighted by molar-refractivity contribution is 6.05. The lowest BCUT2D eigenvalue weighted by atomic mass is 10.0. The molecule has 6 nitrogen and oxygen atoms in total. The number of nitrogens with zero attached hydrogens (tertiary/aromatic N) is 2. The molecule has 0 aliphatic heterocycles. The van der Waals surface area contributed by atoms with Crippen LogP contribution in [0.1, 0.15) is 48.7 Å². The molecule has 0 aliphatic rings. The molecule has 0 aliphatic carbocycles. The number of hydrogen-bond acceptors (Lipinski definition) is 5. The van der Waals surface area contributed by atoms with Gasteiger partial charge in [0, 0.05) is 40.5 Å². The van der Waals surface area contributed by atoms with Gasteiger partial charge in [0.25, 0.3) is 5.91 Å². The van der Waals surface area contributed by atoms with Crippen molar-refractivity contribution in [1.29, 1.82) is 0 Å². The lowest BCUT2D eigenvalue weighted by Crippen LogP contribution is -2.27. The molecule has 0 bridgehead atoms. The van der Waals surface area contributed by atoms with Crippen LogP contribution in [0.25, 0.3) is 22.2 Å². The number of aromatic nitrogens is 2. The summed E-state index contributed by atoms with van der Waals surface area (Å²) in [5.41, 5.74) is 7.23. The molecule has 0 fully saturated rings. The molecule has 1 aromatic heterocycles. The maximum absolute atomic E-state index is 13.1. The zero-order valence-electron chi connectivity index (χ0n) is 24.1. The first-order valence-electron chi connectivity index (χ1n) is 14.2. The predicted octanol–water partition coefficient (Wildman–Crippen LogP) is 8.13. The Labute approximate surface area is 242 Å². The fourth-order valence-electron chi connectivity index (χ4n) is 5.06. The Morgan fingerprint density at radius 1 is 0.805 bits per heavy atom. The number of anilines is 3. The zero-order valence-corrected chi connectivity index (χ0v) is 24.1. The van der Waals surface area contributed by atoms with Gasteiger partial charge < -0.3 is 16.0 Å². The van der Waals surface area contributed by atoms with Crippen molar-refractivity contribution in [2.75, 3.05) is 10.6 Å². The lowest BCUT2D eigenvalue weighted by molar-refractivity contribution is 0.102. The number of nitrogens with one attached hydrogen (secondary N) is 3. The second-order valence-electron chi connectivity index (χ2n) is 10.9. The maximum atomic E-state index is 13.1. The van der Waals surface area contributed by atoms with Crippen LogP contribution in [0.2, 0.25) is 0 Å². The van der Waals surface area contributed by atoms with Crippen molar-refractivity contribution in [1.82, 2.24) is 15.3 Å². The normalized spacial score (nSPS) is 11.9. The molecular formula is C35H37N5O. The Bertz CT molecular complexity index is 1630. The summed E-state index contributed by atoms with van der Waals surface area (Å²) in [5.74, 6) is 1.01. The van der Waals surface area contributed by atoms with Gasteiger partial charge in [0.05, 0.1) is 11.2 Å². The van der Waals surface area contributed by atoms with Crippen molar-refractivity contribution >= 4 is 34.1 Å². The number of rotatable bonds is 10. The average Bonchev–Trinajstić information content (AvgIpc) is 2.97. The first-order valence-corrected chi connectivity index (χ1v) is 14.2. The largest absolute Gasteiger partial charge is 0.324 e. The molecule has 1 atom stereocenters. The summed E-state index contributed by atoms with van der Waals surface area (Å²) in [6.45, 7) is 9.52. The van der Waals surface area contributed by atoms with Gasteiger partial charge in [-0.15, -0.1) is 0 Å². The van der Waals surface area contributed by atoms with Crippen molar-refractivity contribution in [3.63, 3.8) is 0 Å². The van der Waals surface area contributed by atoms with Crippen molar-refractivity contribution < 1.29 is 4.79 Å². The molecule has 5 aromatic rings. The van der Waals surface area contributed by atoms with Gasteiger partial charge in [0.1, 0.15) is 0 Å². The predicted molar refractivity (Wildman–Crippen MR) is 170 cm³/mol. The Hall–Kier alpha value is -4.55. The summed E-state index contributed by atoms with van der Waals surface area (Å²) < 4.78 is 0. The van der Waals surface area contributed by atoms with Crippen LogP contribution in [0.4, 0.5) is 17.3 Å². The van der Waals surface area contributed by atoms with Crippen LogP contribution in [0.3, 0.4) is 0 Å². The number of fused-ring (bicyclic) bond motifs is 1. The molecule has 1 heterocycles. The summed E-state index contributed by atoms with van der Waals surface area (Å²) in [4.78, 5) is 22.7. The lowest BCUT2D eigenvalue weighted by Gasteiger charge is -2.18. The highest BCUT2D eigenvalue weighted by Gasteiger charge is 2.13. The van der Waals surface area contributed by atoms with E-state index >= 15 is 0 Å². The zero-order chi connectivity index (χ0) is 28.8. The number of benzene rings is 4. The number of para-hydroxylation sites is 1. The van der Waals surface area contributed by atoms with E-state index < -0.39 is 0 Å². The monoisotopic (exact) mass is 543 g/mol. The third-order valence-corrected chi connectivity index (χ3v) is 7.21. The van der Waals surface area contributed by atoms with Crippen molar-refractivity contribution in [2.24, 2.45) is 5.92 Å². The number of carbonyl (C=O) groups excluding carboxylic acids is 1. The second-order valence-corrected chi connectivity index (χ2v) is 10.9. The Morgan fingerprint density at radius 3 is 2.29 bits per heavy atom. The molecular weight excluding hydrogens is 506 g/mol. The van der Waals surface area contributed by atoms with Crippen molar-refractivity contribution in [2.45, 2.75) is 46.7 Å². The van der Waals surface area contributed by atoms with Crippen LogP contribution in [0.15, 0.2) is 97.1 Å². The van der Waals surface area contributed by atoms with Gasteiger partial charge in [-0.3, -0.25) is 4.79 Å². The first kappa shape index (κ1) is 28.0. The van der Waals surface area contributed by atoms with Crippen LogP contribution in [-0.4, -0.2) is 21.9 Å². The van der Waals surface area contributed by atoms with E-state index in [1.807, 2.05) is 91.0 Å². The van der Waals surface area contributed by atoms with E-state index in [0.717, 1.165) is 52.1 Å². The Kier molecular flexibility index (Phi) is 8.70. The van der Waals surface area contributed by atoms with Crippen LogP contribution in [-0.2, 0) is 6.54 Å². The van der Waals surface area contributed by atoms with E-state index in [1.165, 1.54) is 5.56 Å². The van der Waals surface area contributed by atoms with Crippen LogP contribution < -0.4 is 16.0 Å². The van der Waals surface area contributed by atoms with Crippen LogP contribution >= 0.6 is 0 Å². The van der Waals surface area contributed by atoms with Gasteiger partial charge in [-0.05, 0) is 73.7 Å². The quantitative estimate of drug-likeness (QED) is 0.166. The molecule has 0 saturated carbocycles. The van der Waals surface area contributed by atoms with Gasteiger partial charge in [0.2, 0.25) is 5.95 Å². The summed E-state index contributed by atoms with van der Waals surface area (Å²) in [5, 5.41) is 11.0. The maximum Gasteiger partial charge on any atom is 0.255 e. The molecule has 1 unspecified atom stereocenters. The minimum atomic E-state index is -0.147. The van der Waals surface area contributed by atoms with E-state index in [2.05, 4.69) is 49.7 Å². The smallest absolute Gasteiger partial charge is 0.255 e. The van der Waals surface area contributed by atoms with Gasteiger partial charge in [-0.25, -0.2) is 9.97 Å². The molecule has 3 N–H and O–H groups in total. The number of carbonyl (C=O) groups is 1. The minimum Gasteiger partial charge on any atom is -0.324 e. The van der Waals surface area contributed by atoms with Crippen LogP contribution in [0, 0.1) is 12.8 Å². The van der Waals surface area contributed by atoms with E-state index in [1.54, 1.807) is 0 Å². The topological polar surface area (TPSA) is 78.9 Å². The van der Waals surface area contributed by atoms with Gasteiger partial charge >= 0.3 is 0 Å². The van der Waals surface area contributed by atoms with Gasteiger partial charge in [-0.2, -0.15) is 0 Å². The fraction of sp³-hybridized carbons (Fsp3) is 0.229. The molecule has 208 valence electrons. The van der Waals surface area contributed by atoms with E-state index in [9.17, 15) is 4.79 Å². The summed E-state index contributed by atoms with van der Waals surface area (Å²) in [7, 11) is 0. The Morgan fingerprint density at radius 2 is 1.54 bits per heavy atom. The third kappa shape index (κ3) is 6.97.